The Balaban J connectivity index is 2.07. The lowest BCUT2D eigenvalue weighted by atomic mass is 10.1. The molecule has 28 heavy (non-hydrogen) atoms. The minimum Gasteiger partial charge on any atom is -0.377 e. The van der Waals surface area contributed by atoms with E-state index in [1.54, 1.807) is 13.1 Å². The van der Waals surface area contributed by atoms with Crippen LogP contribution in [-0.4, -0.2) is 43.6 Å². The van der Waals surface area contributed by atoms with Gasteiger partial charge >= 0.3 is 0 Å². The molecule has 0 N–H and O–H groups in total. The van der Waals surface area contributed by atoms with Gasteiger partial charge in [0.05, 0.1) is 10.6 Å². The van der Waals surface area contributed by atoms with E-state index in [0.717, 1.165) is 39.8 Å². The zero-order chi connectivity index (χ0) is 20.6. The Labute approximate surface area is 167 Å². The maximum Gasteiger partial charge on any atom is 0.243 e. The summed E-state index contributed by atoms with van der Waals surface area (Å²) >= 11 is 0. The van der Waals surface area contributed by atoms with E-state index < -0.39 is 10.0 Å². The van der Waals surface area contributed by atoms with Crippen molar-refractivity contribution in [3.05, 3.63) is 53.3 Å². The first kappa shape index (κ1) is 20.4. The molecule has 2 aromatic carbocycles. The molecule has 0 amide bonds. The average Bonchev–Trinajstić information content (AvgIpc) is 2.92. The summed E-state index contributed by atoms with van der Waals surface area (Å²) in [6.45, 7) is 4.28. The molecule has 1 aromatic heterocycles. The van der Waals surface area contributed by atoms with Gasteiger partial charge in [0.1, 0.15) is 0 Å². The summed E-state index contributed by atoms with van der Waals surface area (Å²) in [4.78, 5) is 2.32. The first-order valence-electron chi connectivity index (χ1n) is 9.35. The smallest absolute Gasteiger partial charge is 0.243 e. The molecule has 0 aliphatic rings. The topological polar surface area (TPSA) is 58.4 Å². The van der Waals surface area contributed by atoms with Crippen LogP contribution in [0.15, 0.2) is 41.3 Å². The monoisotopic (exact) mass is 400 g/mol. The molecule has 150 valence electrons. The summed E-state index contributed by atoms with van der Waals surface area (Å²) < 4.78 is 30.1. The highest BCUT2D eigenvalue weighted by atomic mass is 32.2. The van der Waals surface area contributed by atoms with Crippen molar-refractivity contribution in [3.63, 3.8) is 0 Å². The molecule has 0 spiro atoms. The molecular formula is C21H28N4O2S. The normalized spacial score (nSPS) is 12.1. The average molecular weight is 401 g/mol. The third-order valence-electron chi connectivity index (χ3n) is 5.22. The standard InChI is InChI=1S/C21H28N4O2S/c1-7-19-18(15(2)22-25(19)6)14-24(5)28(26,27)21-13-9-10-16-17(21)11-8-12-20(16)23(3)4/h8-13H,7,14H2,1-6H3. The Bertz CT molecular complexity index is 1120. The molecule has 6 nitrogen and oxygen atoms in total. The lowest BCUT2D eigenvalue weighted by Gasteiger charge is -2.21. The number of hydrogen-bond donors (Lipinski definition) is 0. The molecule has 0 aliphatic heterocycles. The van der Waals surface area contributed by atoms with Crippen molar-refractivity contribution in [2.24, 2.45) is 7.05 Å². The van der Waals surface area contributed by atoms with Gasteiger partial charge in [-0.25, -0.2) is 8.42 Å². The molecule has 7 heteroatoms. The summed E-state index contributed by atoms with van der Waals surface area (Å²) in [5, 5.41) is 6.12. The van der Waals surface area contributed by atoms with Crippen LogP contribution >= 0.6 is 0 Å². The van der Waals surface area contributed by atoms with Crippen LogP contribution in [0.5, 0.6) is 0 Å². The number of aryl methyl sites for hydroxylation is 2. The summed E-state index contributed by atoms with van der Waals surface area (Å²) in [6, 6.07) is 11.2. The molecule has 0 aliphatic carbocycles. The van der Waals surface area contributed by atoms with Crippen molar-refractivity contribution in [1.82, 2.24) is 14.1 Å². The zero-order valence-electron chi connectivity index (χ0n) is 17.4. The van der Waals surface area contributed by atoms with Crippen molar-refractivity contribution in [3.8, 4) is 0 Å². The first-order chi connectivity index (χ1) is 13.2. The second kappa shape index (κ2) is 7.56. The molecule has 0 saturated carbocycles. The van der Waals surface area contributed by atoms with Crippen molar-refractivity contribution in [1.29, 1.82) is 0 Å². The fourth-order valence-electron chi connectivity index (χ4n) is 3.75. The highest BCUT2D eigenvalue weighted by Crippen LogP contribution is 2.32. The summed E-state index contributed by atoms with van der Waals surface area (Å²) in [5.41, 5.74) is 3.90. The third kappa shape index (κ3) is 3.40. The van der Waals surface area contributed by atoms with Gasteiger partial charge in [0.25, 0.3) is 0 Å². The Morgan fingerprint density at radius 2 is 1.68 bits per heavy atom. The van der Waals surface area contributed by atoms with Crippen molar-refractivity contribution < 1.29 is 8.42 Å². The van der Waals surface area contributed by atoms with Gasteiger partial charge in [-0.15, -0.1) is 0 Å². The number of fused-ring (bicyclic) bond motifs is 1. The Hall–Kier alpha value is -2.38. The van der Waals surface area contributed by atoms with E-state index in [1.165, 1.54) is 4.31 Å². The number of hydrogen-bond acceptors (Lipinski definition) is 4. The van der Waals surface area contributed by atoms with Crippen LogP contribution < -0.4 is 4.90 Å². The fourth-order valence-corrected chi connectivity index (χ4v) is 5.09. The van der Waals surface area contributed by atoms with Gasteiger partial charge in [-0.05, 0) is 25.5 Å². The molecule has 3 aromatic rings. The highest BCUT2D eigenvalue weighted by molar-refractivity contribution is 7.89. The maximum absolute atomic E-state index is 13.4. The van der Waals surface area contributed by atoms with E-state index in [1.807, 2.05) is 68.0 Å². The number of anilines is 1. The van der Waals surface area contributed by atoms with Gasteiger partial charge in [0.2, 0.25) is 10.0 Å². The molecule has 3 rings (SSSR count). The van der Waals surface area contributed by atoms with Crippen molar-refractivity contribution in [2.75, 3.05) is 26.0 Å². The Morgan fingerprint density at radius 3 is 2.32 bits per heavy atom. The summed E-state index contributed by atoms with van der Waals surface area (Å²) in [5.74, 6) is 0. The maximum atomic E-state index is 13.4. The molecule has 0 saturated heterocycles. The van der Waals surface area contributed by atoms with Crippen LogP contribution in [0.25, 0.3) is 10.8 Å². The van der Waals surface area contributed by atoms with Crippen LogP contribution in [-0.2, 0) is 30.0 Å². The number of benzene rings is 2. The van der Waals surface area contributed by atoms with Gasteiger partial charge in [-0.3, -0.25) is 4.68 Å². The molecule has 1 heterocycles. The van der Waals surface area contributed by atoms with Gasteiger partial charge < -0.3 is 4.90 Å². The number of rotatable bonds is 6. The van der Waals surface area contributed by atoms with E-state index in [4.69, 9.17) is 0 Å². The fraction of sp³-hybridized carbons (Fsp3) is 0.381. The van der Waals surface area contributed by atoms with Crippen LogP contribution in [0.2, 0.25) is 0 Å². The zero-order valence-corrected chi connectivity index (χ0v) is 18.2. The highest BCUT2D eigenvalue weighted by Gasteiger charge is 2.26. The quantitative estimate of drug-likeness (QED) is 0.637. The predicted octanol–water partition coefficient (Wildman–Crippen LogP) is 3.33. The van der Waals surface area contributed by atoms with E-state index >= 15 is 0 Å². The first-order valence-corrected chi connectivity index (χ1v) is 10.8. The summed E-state index contributed by atoms with van der Waals surface area (Å²) in [6.07, 6.45) is 0.807. The number of nitrogens with zero attached hydrogens (tertiary/aromatic N) is 4. The van der Waals surface area contributed by atoms with E-state index in [0.29, 0.717) is 11.4 Å². The molecule has 0 unspecified atom stereocenters. The largest absolute Gasteiger partial charge is 0.377 e. The van der Waals surface area contributed by atoms with E-state index in [9.17, 15) is 8.42 Å². The minimum absolute atomic E-state index is 0.301. The van der Waals surface area contributed by atoms with Gasteiger partial charge in [-0.1, -0.05) is 31.2 Å². The van der Waals surface area contributed by atoms with Crippen molar-refractivity contribution in [2.45, 2.75) is 31.7 Å². The van der Waals surface area contributed by atoms with Crippen LogP contribution in [0, 0.1) is 6.92 Å². The molecule has 0 bridgehead atoms. The Kier molecular flexibility index (Phi) is 5.50. The minimum atomic E-state index is -3.66. The van der Waals surface area contributed by atoms with E-state index in [2.05, 4.69) is 12.0 Å². The summed E-state index contributed by atoms with van der Waals surface area (Å²) in [7, 11) is 3.79. The molecular weight excluding hydrogens is 372 g/mol. The van der Waals surface area contributed by atoms with Crippen LogP contribution in [0.3, 0.4) is 0 Å². The van der Waals surface area contributed by atoms with Gasteiger partial charge in [0, 0.05) is 62.5 Å². The van der Waals surface area contributed by atoms with Gasteiger partial charge in [0.15, 0.2) is 0 Å². The second-order valence-corrected chi connectivity index (χ2v) is 9.29. The molecule has 0 atom stereocenters. The van der Waals surface area contributed by atoms with Gasteiger partial charge in [-0.2, -0.15) is 9.40 Å². The van der Waals surface area contributed by atoms with Crippen LogP contribution in [0.4, 0.5) is 5.69 Å². The Morgan fingerprint density at radius 1 is 1.04 bits per heavy atom. The van der Waals surface area contributed by atoms with Crippen molar-refractivity contribution >= 4 is 26.5 Å². The SMILES string of the molecule is CCc1c(CN(C)S(=O)(=O)c2cccc3c(N(C)C)cccc23)c(C)nn1C. The number of aromatic nitrogens is 2. The lowest BCUT2D eigenvalue weighted by molar-refractivity contribution is 0.465. The second-order valence-electron chi connectivity index (χ2n) is 7.27. The predicted molar refractivity (Wildman–Crippen MR) is 114 cm³/mol. The van der Waals surface area contributed by atoms with Crippen LogP contribution in [0.1, 0.15) is 23.9 Å². The molecule has 0 fully saturated rings. The number of sulfonamides is 1. The third-order valence-corrected chi connectivity index (χ3v) is 7.08. The molecule has 0 radical (unpaired) electrons. The lowest BCUT2D eigenvalue weighted by Crippen LogP contribution is -2.27. The van der Waals surface area contributed by atoms with E-state index in [-0.39, 0.29) is 0 Å².